The normalized spacial score (nSPS) is 7.67. The van der Waals surface area contributed by atoms with E-state index in [0.717, 1.165) is 0 Å². The van der Waals surface area contributed by atoms with E-state index in [9.17, 15) is 30.3 Å². The van der Waals surface area contributed by atoms with Crippen LogP contribution in [0.2, 0.25) is 0 Å². The largest absolute Gasteiger partial charge is 2.00 e. The van der Waals surface area contributed by atoms with Crippen LogP contribution in [0.5, 0.6) is 0 Å². The molecule has 0 N–H and O–H groups in total. The summed E-state index contributed by atoms with van der Waals surface area (Å²) in [5.74, 6) is 0. The van der Waals surface area contributed by atoms with Gasteiger partial charge in [-0.3, -0.25) is 0 Å². The summed E-state index contributed by atoms with van der Waals surface area (Å²) in [5.41, 5.74) is 0. The molecule has 12 heavy (non-hydrogen) atoms. The molecule has 0 aromatic heterocycles. The van der Waals surface area contributed by atoms with Crippen LogP contribution in [0.15, 0.2) is 0 Å². The average Bonchev–Trinajstić information content (AvgIpc) is 1.81. The van der Waals surface area contributed by atoms with Gasteiger partial charge in [-0.1, -0.05) is 4.94 Å². The molecule has 0 spiro atoms. The minimum atomic E-state index is -1.69. The number of hydrazine groups is 2. The quantitative estimate of drug-likeness (QED) is 0.447. The minimum Gasteiger partial charge on any atom is -0.228 e. The Kier molecular flexibility index (Phi) is 5.66. The fourth-order valence-corrected chi connectivity index (χ4v) is 0.179. The van der Waals surface area contributed by atoms with Gasteiger partial charge in [0.15, 0.2) is 0 Å². The van der Waals surface area contributed by atoms with Crippen molar-refractivity contribution >= 4 is 0 Å². The van der Waals surface area contributed by atoms with Gasteiger partial charge in [-0.05, 0) is 0 Å². The smallest absolute Gasteiger partial charge is 0.228 e. The summed E-state index contributed by atoms with van der Waals surface area (Å²) in [7, 11) is 0. The maximum Gasteiger partial charge on any atom is 2.00 e. The third-order valence-electron chi connectivity index (χ3n) is 0.419. The summed E-state index contributed by atoms with van der Waals surface area (Å²) >= 11 is 0. The zero-order valence-corrected chi connectivity index (χ0v) is 7.24. The molecular formula is N4O7Pt+2. The molecule has 0 aliphatic heterocycles. The van der Waals surface area contributed by atoms with Crippen molar-refractivity contribution in [2.45, 2.75) is 0 Å². The van der Waals surface area contributed by atoms with Crippen molar-refractivity contribution in [3.05, 3.63) is 30.3 Å². The van der Waals surface area contributed by atoms with Crippen molar-refractivity contribution in [1.82, 2.24) is 5.28 Å². The Bertz CT molecular complexity index is 186. The van der Waals surface area contributed by atoms with E-state index in [1.807, 2.05) is 0 Å². The Hall–Kier alpha value is -1.51. The van der Waals surface area contributed by atoms with Crippen molar-refractivity contribution < 1.29 is 41.2 Å². The summed E-state index contributed by atoms with van der Waals surface area (Å²) in [6.07, 6.45) is 0. The van der Waals surface area contributed by atoms with Gasteiger partial charge in [-0.15, -0.1) is 10.1 Å². The zero-order chi connectivity index (χ0) is 9.02. The first-order valence-electron chi connectivity index (χ1n) is 1.86. The molecule has 0 rings (SSSR count). The van der Waals surface area contributed by atoms with Crippen molar-refractivity contribution in [2.75, 3.05) is 0 Å². The molecule has 0 saturated carbocycles. The SMILES string of the molecule is O=[N+]([O-])ON([N+](=O)[O-])[N+](=O)[O-].[Pt+2]. The van der Waals surface area contributed by atoms with Crippen molar-refractivity contribution in [3.63, 3.8) is 0 Å². The molecule has 0 amide bonds. The molecule has 0 heterocycles. The standard InChI is InChI=1S/N4O7.Pt/c5-2(6)1(3(7)8)11-4(9)10;/q;+2. The zero-order valence-electron chi connectivity index (χ0n) is 4.96. The topological polar surface area (TPSA) is 142 Å². The molecule has 0 aliphatic carbocycles. The molecule has 11 nitrogen and oxygen atoms in total. The van der Waals surface area contributed by atoms with Crippen LogP contribution in [-0.4, -0.2) is 20.4 Å². The number of hydrogen-bond acceptors (Lipinski definition) is 7. The Morgan fingerprint density at radius 3 is 1.42 bits per heavy atom. The van der Waals surface area contributed by atoms with E-state index in [1.54, 1.807) is 0 Å². The van der Waals surface area contributed by atoms with Crippen LogP contribution in [0, 0.1) is 30.3 Å². The molecule has 0 bridgehead atoms. The first-order chi connectivity index (χ1) is 4.95. The van der Waals surface area contributed by atoms with E-state index in [2.05, 4.69) is 4.94 Å². The summed E-state index contributed by atoms with van der Waals surface area (Å²) in [6, 6.07) is 0. The third-order valence-corrected chi connectivity index (χ3v) is 0.419. The summed E-state index contributed by atoms with van der Waals surface area (Å²) < 4.78 is 0. The molecule has 0 radical (unpaired) electrons. The van der Waals surface area contributed by atoms with Crippen LogP contribution in [0.3, 0.4) is 0 Å². The van der Waals surface area contributed by atoms with Crippen LogP contribution >= 0.6 is 0 Å². The number of hydrogen-bond donors (Lipinski definition) is 0. The van der Waals surface area contributed by atoms with Crippen LogP contribution < -0.4 is 0 Å². The first-order valence-corrected chi connectivity index (χ1v) is 1.86. The van der Waals surface area contributed by atoms with Gasteiger partial charge in [0, 0.05) is 0 Å². The van der Waals surface area contributed by atoms with Crippen molar-refractivity contribution in [3.8, 4) is 0 Å². The van der Waals surface area contributed by atoms with E-state index in [0.29, 0.717) is 0 Å². The van der Waals surface area contributed by atoms with Crippen molar-refractivity contribution in [2.24, 2.45) is 0 Å². The van der Waals surface area contributed by atoms with E-state index < -0.39 is 20.4 Å². The summed E-state index contributed by atoms with van der Waals surface area (Å²) in [5, 5.41) is 22.1. The molecule has 12 heteroatoms. The predicted octanol–water partition coefficient (Wildman–Crippen LogP) is -1.21. The Morgan fingerprint density at radius 1 is 1.00 bits per heavy atom. The fourth-order valence-electron chi connectivity index (χ4n) is 0.179. The Balaban J connectivity index is 0. The van der Waals surface area contributed by atoms with Crippen LogP contribution in [0.4, 0.5) is 0 Å². The predicted molar refractivity (Wildman–Crippen MR) is 23.9 cm³/mol. The summed E-state index contributed by atoms with van der Waals surface area (Å²) in [4.78, 5) is 31.4. The van der Waals surface area contributed by atoms with Gasteiger partial charge in [0.05, 0.1) is 0 Å². The van der Waals surface area contributed by atoms with Gasteiger partial charge in [-0.2, -0.15) is 0 Å². The van der Waals surface area contributed by atoms with E-state index in [1.165, 1.54) is 0 Å². The molecule has 0 saturated heterocycles. The van der Waals surface area contributed by atoms with Crippen LogP contribution in [0.25, 0.3) is 0 Å². The monoisotopic (exact) mass is 363 g/mol. The first kappa shape index (κ1) is 13.1. The number of rotatable bonds is 4. The van der Waals surface area contributed by atoms with Crippen molar-refractivity contribution in [1.29, 1.82) is 0 Å². The van der Waals surface area contributed by atoms with Gasteiger partial charge in [0.1, 0.15) is 0 Å². The van der Waals surface area contributed by atoms with E-state index >= 15 is 0 Å². The maximum atomic E-state index is 9.54. The molecule has 0 aromatic rings. The van der Waals surface area contributed by atoms with Gasteiger partial charge >= 0.3 is 31.4 Å². The molecular weight excluding hydrogens is 363 g/mol. The third kappa shape index (κ3) is 4.33. The van der Waals surface area contributed by atoms with Gasteiger partial charge in [0.25, 0.3) is 10.1 Å². The second-order valence-electron chi connectivity index (χ2n) is 1.03. The van der Waals surface area contributed by atoms with E-state index in [-0.39, 0.29) is 21.1 Å². The molecule has 0 aromatic carbocycles. The van der Waals surface area contributed by atoms with Crippen LogP contribution in [0.1, 0.15) is 0 Å². The molecule has 0 unspecified atom stereocenters. The Morgan fingerprint density at radius 2 is 1.33 bits per heavy atom. The second kappa shape index (κ2) is 5.18. The van der Waals surface area contributed by atoms with Gasteiger partial charge in [-0.25, -0.2) is 20.2 Å². The van der Waals surface area contributed by atoms with E-state index in [4.69, 9.17) is 0 Å². The van der Waals surface area contributed by atoms with Crippen LogP contribution in [-0.2, 0) is 26.0 Å². The molecule has 0 atom stereocenters. The average molecular weight is 363 g/mol. The van der Waals surface area contributed by atoms with Gasteiger partial charge < -0.3 is 0 Å². The molecule has 0 aliphatic rings. The van der Waals surface area contributed by atoms with Gasteiger partial charge in [0.2, 0.25) is 0 Å². The number of nitro groups is 2. The maximum absolute atomic E-state index is 9.54. The second-order valence-corrected chi connectivity index (χ2v) is 1.03. The minimum absolute atomic E-state index is 0. The fraction of sp³-hybridized carbons (Fsp3) is 0. The molecule has 0 fully saturated rings. The summed E-state index contributed by atoms with van der Waals surface area (Å²) in [6.45, 7) is 0. The molecule has 70 valence electrons. The Labute approximate surface area is 77.4 Å². The number of nitrogens with zero attached hydrogens (tertiary/aromatic N) is 4.